The lowest BCUT2D eigenvalue weighted by atomic mass is 10.2. The Hall–Kier alpha value is -2.57. The van der Waals surface area contributed by atoms with Gasteiger partial charge in [0.1, 0.15) is 0 Å². The maximum atomic E-state index is 12.5. The van der Waals surface area contributed by atoms with Crippen molar-refractivity contribution >= 4 is 34.2 Å². The lowest BCUT2D eigenvalue weighted by molar-refractivity contribution is -0.120. The summed E-state index contributed by atoms with van der Waals surface area (Å²) in [5, 5.41) is 3.56. The second-order valence-corrected chi connectivity index (χ2v) is 6.49. The summed E-state index contributed by atoms with van der Waals surface area (Å²) >= 11 is 6.00. The molecule has 2 aromatic carbocycles. The van der Waals surface area contributed by atoms with E-state index in [4.69, 9.17) is 11.6 Å². The van der Waals surface area contributed by atoms with Crippen LogP contribution in [-0.4, -0.2) is 33.9 Å². The molecule has 0 spiro atoms. The number of hydrogen-bond donors (Lipinski definition) is 3. The maximum Gasteiger partial charge on any atom is 0.323 e. The van der Waals surface area contributed by atoms with Gasteiger partial charge in [-0.2, -0.15) is 0 Å². The van der Waals surface area contributed by atoms with Crippen LogP contribution in [0.3, 0.4) is 0 Å². The molecule has 0 aliphatic heterocycles. The number of nitrogens with zero attached hydrogens (tertiary/aromatic N) is 1. The van der Waals surface area contributed by atoms with E-state index in [0.717, 1.165) is 5.56 Å². The number of benzene rings is 2. The van der Waals surface area contributed by atoms with E-state index < -0.39 is 0 Å². The Morgan fingerprint density at radius 2 is 1.96 bits per heavy atom. The van der Waals surface area contributed by atoms with Crippen LogP contribution in [0.2, 0.25) is 5.02 Å². The van der Waals surface area contributed by atoms with E-state index in [1.54, 1.807) is 18.2 Å². The van der Waals surface area contributed by atoms with Gasteiger partial charge in [0.2, 0.25) is 5.91 Å². The van der Waals surface area contributed by atoms with E-state index in [0.29, 0.717) is 28.3 Å². The third-order valence-electron chi connectivity index (χ3n) is 4.15. The molecule has 3 rings (SSSR count). The smallest absolute Gasteiger partial charge is 0.323 e. The van der Waals surface area contributed by atoms with Crippen molar-refractivity contribution in [2.45, 2.75) is 19.5 Å². The van der Waals surface area contributed by atoms with Crippen LogP contribution in [-0.2, 0) is 11.3 Å². The van der Waals surface area contributed by atoms with Crippen LogP contribution >= 0.6 is 11.6 Å². The summed E-state index contributed by atoms with van der Waals surface area (Å²) < 4.78 is 0. The molecule has 0 bridgehead atoms. The summed E-state index contributed by atoms with van der Waals surface area (Å²) in [5.74, 6) is -0.123. The van der Waals surface area contributed by atoms with Crippen molar-refractivity contribution in [2.75, 3.05) is 12.4 Å². The molecule has 0 saturated heterocycles. The lowest BCUT2D eigenvalue weighted by Crippen LogP contribution is -2.39. The number of amides is 1. The topological polar surface area (TPSA) is 81.0 Å². The molecule has 0 unspecified atom stereocenters. The molecule has 3 aromatic rings. The van der Waals surface area contributed by atoms with Crippen molar-refractivity contribution in [1.82, 2.24) is 14.9 Å². The van der Waals surface area contributed by atoms with Crippen molar-refractivity contribution < 1.29 is 4.79 Å². The van der Waals surface area contributed by atoms with Crippen LogP contribution in [0.4, 0.5) is 5.69 Å². The number of likely N-dealkylation sites (N-methyl/N-ethyl adjacent to an activating group) is 1. The van der Waals surface area contributed by atoms with Gasteiger partial charge in [0.05, 0.1) is 17.1 Å². The zero-order chi connectivity index (χ0) is 18.0. The summed E-state index contributed by atoms with van der Waals surface area (Å²) in [7, 11) is 1.89. The predicted molar refractivity (Wildman–Crippen MR) is 99.9 cm³/mol. The van der Waals surface area contributed by atoms with Crippen molar-refractivity contribution in [2.24, 2.45) is 0 Å². The summed E-state index contributed by atoms with van der Waals surface area (Å²) in [6.45, 7) is 2.45. The normalized spacial score (nSPS) is 12.5. The first-order valence-electron chi connectivity index (χ1n) is 7.90. The van der Waals surface area contributed by atoms with Crippen LogP contribution < -0.4 is 11.0 Å². The van der Waals surface area contributed by atoms with Gasteiger partial charge in [-0.05, 0) is 49.9 Å². The molecule has 1 amide bonds. The van der Waals surface area contributed by atoms with Crippen LogP contribution in [0.1, 0.15) is 12.5 Å². The molecule has 1 aromatic heterocycles. The molecule has 1 heterocycles. The molecule has 7 heteroatoms. The van der Waals surface area contributed by atoms with Gasteiger partial charge in [0.25, 0.3) is 0 Å². The Balaban J connectivity index is 1.67. The SMILES string of the molecule is C[C@@H](C(=O)Nc1ccc2[nH]c(=O)[nH]c2c1)N(C)Cc1cccc(Cl)c1. The van der Waals surface area contributed by atoms with Gasteiger partial charge in [-0.25, -0.2) is 4.79 Å². The molecule has 130 valence electrons. The molecule has 0 aliphatic carbocycles. The van der Waals surface area contributed by atoms with Gasteiger partial charge in [-0.15, -0.1) is 0 Å². The summed E-state index contributed by atoms with van der Waals surface area (Å²) in [6, 6.07) is 12.5. The molecule has 0 fully saturated rings. The van der Waals surface area contributed by atoms with Crippen molar-refractivity contribution in [1.29, 1.82) is 0 Å². The quantitative estimate of drug-likeness (QED) is 0.656. The first kappa shape index (κ1) is 17.3. The average Bonchev–Trinajstić information content (AvgIpc) is 2.93. The van der Waals surface area contributed by atoms with Crippen LogP contribution in [0.5, 0.6) is 0 Å². The molecule has 0 aliphatic rings. The number of nitrogens with one attached hydrogen (secondary N) is 3. The van der Waals surface area contributed by atoms with E-state index in [2.05, 4.69) is 15.3 Å². The number of carbonyl (C=O) groups excluding carboxylic acids is 1. The zero-order valence-corrected chi connectivity index (χ0v) is 14.7. The highest BCUT2D eigenvalue weighted by Crippen LogP contribution is 2.16. The van der Waals surface area contributed by atoms with Gasteiger partial charge in [0.15, 0.2) is 0 Å². The Bertz CT molecular complexity index is 963. The van der Waals surface area contributed by atoms with Crippen molar-refractivity contribution in [3.63, 3.8) is 0 Å². The van der Waals surface area contributed by atoms with Gasteiger partial charge in [-0.1, -0.05) is 23.7 Å². The van der Waals surface area contributed by atoms with Gasteiger partial charge in [-0.3, -0.25) is 9.69 Å². The lowest BCUT2D eigenvalue weighted by Gasteiger charge is -2.24. The molecular formula is C18H19ClN4O2. The molecule has 0 saturated carbocycles. The van der Waals surface area contributed by atoms with Crippen LogP contribution in [0.25, 0.3) is 11.0 Å². The Kier molecular flexibility index (Phi) is 4.92. The Labute approximate surface area is 149 Å². The number of anilines is 1. The number of aromatic amines is 2. The largest absolute Gasteiger partial charge is 0.325 e. The summed E-state index contributed by atoms with van der Waals surface area (Å²) in [6.07, 6.45) is 0. The minimum Gasteiger partial charge on any atom is -0.325 e. The number of imidazole rings is 1. The number of halogens is 1. The van der Waals surface area contributed by atoms with E-state index in [1.165, 1.54) is 0 Å². The van der Waals surface area contributed by atoms with Crippen LogP contribution in [0, 0.1) is 0 Å². The van der Waals surface area contributed by atoms with Gasteiger partial charge < -0.3 is 15.3 Å². The molecule has 25 heavy (non-hydrogen) atoms. The first-order valence-corrected chi connectivity index (χ1v) is 8.28. The van der Waals surface area contributed by atoms with Gasteiger partial charge >= 0.3 is 5.69 Å². The third-order valence-corrected chi connectivity index (χ3v) is 4.38. The number of hydrogen-bond acceptors (Lipinski definition) is 3. The second kappa shape index (κ2) is 7.13. The number of H-pyrrole nitrogens is 2. The molecule has 1 atom stereocenters. The van der Waals surface area contributed by atoms with Crippen molar-refractivity contribution in [3.8, 4) is 0 Å². The second-order valence-electron chi connectivity index (χ2n) is 6.05. The number of carbonyl (C=O) groups is 1. The first-order chi connectivity index (χ1) is 11.9. The number of rotatable bonds is 5. The van der Waals surface area contributed by atoms with E-state index in [9.17, 15) is 9.59 Å². The monoisotopic (exact) mass is 358 g/mol. The molecule has 6 nitrogen and oxygen atoms in total. The fourth-order valence-electron chi connectivity index (χ4n) is 2.62. The van der Waals surface area contributed by atoms with Gasteiger partial charge in [0, 0.05) is 17.3 Å². The van der Waals surface area contributed by atoms with Crippen LogP contribution in [0.15, 0.2) is 47.3 Å². The number of aromatic nitrogens is 2. The highest BCUT2D eigenvalue weighted by Gasteiger charge is 2.18. The number of fused-ring (bicyclic) bond motifs is 1. The predicted octanol–water partition coefficient (Wildman–Crippen LogP) is 2.97. The third kappa shape index (κ3) is 4.10. The highest BCUT2D eigenvalue weighted by molar-refractivity contribution is 6.30. The minimum absolute atomic E-state index is 0.123. The fourth-order valence-corrected chi connectivity index (χ4v) is 2.83. The Morgan fingerprint density at radius 1 is 1.20 bits per heavy atom. The Morgan fingerprint density at radius 3 is 2.72 bits per heavy atom. The maximum absolute atomic E-state index is 12.5. The molecule has 0 radical (unpaired) electrons. The van der Waals surface area contributed by atoms with Crippen molar-refractivity contribution in [3.05, 3.63) is 63.5 Å². The summed E-state index contributed by atoms with van der Waals surface area (Å²) in [4.78, 5) is 31.1. The fraction of sp³-hybridized carbons (Fsp3) is 0.222. The molecular weight excluding hydrogens is 340 g/mol. The van der Waals surface area contributed by atoms with E-state index >= 15 is 0 Å². The average molecular weight is 359 g/mol. The highest BCUT2D eigenvalue weighted by atomic mass is 35.5. The standard InChI is InChI=1S/C18H19ClN4O2/c1-11(23(2)10-12-4-3-5-13(19)8-12)17(24)20-14-6-7-15-16(9-14)22-18(25)21-15/h3-9,11H,10H2,1-2H3,(H,20,24)(H2,21,22,25)/t11-/m0/s1. The van der Waals surface area contributed by atoms with E-state index in [-0.39, 0.29) is 17.6 Å². The summed E-state index contributed by atoms with van der Waals surface area (Å²) in [5.41, 5.74) is 2.77. The zero-order valence-electron chi connectivity index (χ0n) is 14.0. The molecule has 3 N–H and O–H groups in total. The minimum atomic E-state index is -0.333. The van der Waals surface area contributed by atoms with E-state index in [1.807, 2.05) is 43.1 Å².